The Morgan fingerprint density at radius 3 is 2.74 bits per heavy atom. The number of nitrogens with two attached hydrogens (primary N) is 1. The van der Waals surface area contributed by atoms with Crippen LogP contribution < -0.4 is 10.5 Å². The van der Waals surface area contributed by atoms with E-state index in [4.69, 9.17) is 22.4 Å². The van der Waals surface area contributed by atoms with E-state index in [0.29, 0.717) is 19.3 Å². The molecule has 0 aliphatic heterocycles. The summed E-state index contributed by atoms with van der Waals surface area (Å²) < 4.78 is 32.0. The first-order chi connectivity index (χ1) is 8.86. The highest BCUT2D eigenvalue weighted by molar-refractivity contribution is 7.93. The third-order valence-electron chi connectivity index (χ3n) is 2.83. The van der Waals surface area contributed by atoms with Gasteiger partial charge in [0, 0.05) is 12.5 Å². The van der Waals surface area contributed by atoms with Crippen molar-refractivity contribution in [2.45, 2.75) is 44.4 Å². The van der Waals surface area contributed by atoms with Crippen molar-refractivity contribution in [1.82, 2.24) is 4.72 Å². The average molecular weight is 304 g/mol. The minimum Gasteiger partial charge on any atom is -0.469 e. The molecule has 1 heterocycles. The predicted molar refractivity (Wildman–Crippen MR) is 79.4 cm³/mol. The molecule has 0 aliphatic carbocycles. The zero-order valence-corrected chi connectivity index (χ0v) is 12.8. The Kier molecular flexibility index (Phi) is 5.96. The van der Waals surface area contributed by atoms with Crippen molar-refractivity contribution in [1.29, 1.82) is 0 Å². The highest BCUT2D eigenvalue weighted by Gasteiger charge is 2.27. The molecule has 0 amide bonds. The van der Waals surface area contributed by atoms with E-state index < -0.39 is 15.3 Å². The molecule has 19 heavy (non-hydrogen) atoms. The first-order valence-electron chi connectivity index (χ1n) is 6.19. The Morgan fingerprint density at radius 1 is 1.58 bits per heavy atom. The lowest BCUT2D eigenvalue weighted by Gasteiger charge is -2.19. The van der Waals surface area contributed by atoms with Crippen LogP contribution in [0.15, 0.2) is 22.8 Å². The van der Waals surface area contributed by atoms with Crippen LogP contribution >= 0.6 is 12.2 Å². The van der Waals surface area contributed by atoms with E-state index in [2.05, 4.69) is 4.72 Å². The van der Waals surface area contributed by atoms with Crippen LogP contribution in [-0.4, -0.2) is 24.7 Å². The summed E-state index contributed by atoms with van der Waals surface area (Å²) in [6.45, 7) is 3.56. The molecule has 2 unspecified atom stereocenters. The molecule has 0 aromatic carbocycles. The lowest BCUT2D eigenvalue weighted by atomic mass is 10.2. The largest absolute Gasteiger partial charge is 0.469 e. The summed E-state index contributed by atoms with van der Waals surface area (Å²) in [5, 5.41) is -0.812. The Balaban J connectivity index is 2.55. The van der Waals surface area contributed by atoms with Crippen LogP contribution in [0.3, 0.4) is 0 Å². The number of hydrogen-bond donors (Lipinski definition) is 2. The standard InChI is InChI=1S/C12H20N2O3S2/c1-3-11(12(13)18)19(15,16)14-9(2)6-7-10-5-4-8-17-10/h4-5,8-9,11,14H,3,6-7H2,1-2H3,(H2,13,18). The molecule has 1 rings (SSSR count). The molecule has 0 bridgehead atoms. The molecule has 0 aliphatic rings. The highest BCUT2D eigenvalue weighted by atomic mass is 32.2. The summed E-state index contributed by atoms with van der Waals surface area (Å²) in [5.41, 5.74) is 5.46. The quantitative estimate of drug-likeness (QED) is 0.712. The molecule has 0 radical (unpaired) electrons. The van der Waals surface area contributed by atoms with Gasteiger partial charge in [-0.15, -0.1) is 0 Å². The molecule has 5 nitrogen and oxygen atoms in total. The summed E-state index contributed by atoms with van der Waals surface area (Å²) >= 11 is 4.79. The van der Waals surface area contributed by atoms with Crippen LogP contribution in [0.25, 0.3) is 0 Å². The van der Waals surface area contributed by atoms with Crippen LogP contribution in [-0.2, 0) is 16.4 Å². The van der Waals surface area contributed by atoms with Crippen molar-refractivity contribution in [3.8, 4) is 0 Å². The van der Waals surface area contributed by atoms with E-state index >= 15 is 0 Å². The smallest absolute Gasteiger partial charge is 0.221 e. The number of thiocarbonyl (C=S) groups is 1. The Bertz CT molecular complexity index is 497. The third kappa shape index (κ3) is 4.93. The molecule has 0 spiro atoms. The van der Waals surface area contributed by atoms with E-state index in [-0.39, 0.29) is 11.0 Å². The molecule has 0 saturated heterocycles. The number of nitrogens with one attached hydrogen (secondary N) is 1. The zero-order chi connectivity index (χ0) is 14.5. The summed E-state index contributed by atoms with van der Waals surface area (Å²) in [6.07, 6.45) is 3.31. The maximum absolute atomic E-state index is 12.1. The molecule has 2 atom stereocenters. The van der Waals surface area contributed by atoms with Gasteiger partial charge >= 0.3 is 0 Å². The fourth-order valence-electron chi connectivity index (χ4n) is 1.81. The summed E-state index contributed by atoms with van der Waals surface area (Å²) in [5.74, 6) is 0.840. The van der Waals surface area contributed by atoms with Gasteiger partial charge in [-0.3, -0.25) is 0 Å². The van der Waals surface area contributed by atoms with Crippen molar-refractivity contribution in [3.63, 3.8) is 0 Å². The minimum atomic E-state index is -3.51. The van der Waals surface area contributed by atoms with Gasteiger partial charge in [0.05, 0.1) is 11.3 Å². The predicted octanol–water partition coefficient (Wildman–Crippen LogP) is 1.58. The summed E-state index contributed by atoms with van der Waals surface area (Å²) in [6, 6.07) is 3.48. The molecular formula is C12H20N2O3S2. The first-order valence-corrected chi connectivity index (χ1v) is 8.15. The zero-order valence-electron chi connectivity index (χ0n) is 11.1. The van der Waals surface area contributed by atoms with Gasteiger partial charge < -0.3 is 10.2 Å². The van der Waals surface area contributed by atoms with Crippen molar-refractivity contribution >= 4 is 27.2 Å². The van der Waals surface area contributed by atoms with E-state index in [1.807, 2.05) is 19.1 Å². The monoisotopic (exact) mass is 304 g/mol. The minimum absolute atomic E-state index is 0.00762. The average Bonchev–Trinajstić information content (AvgIpc) is 2.78. The molecule has 0 fully saturated rings. The van der Waals surface area contributed by atoms with Crippen LogP contribution in [0.1, 0.15) is 32.4 Å². The molecule has 7 heteroatoms. The molecule has 0 saturated carbocycles. The highest BCUT2D eigenvalue weighted by Crippen LogP contribution is 2.10. The SMILES string of the molecule is CCC(C(N)=S)S(=O)(=O)NC(C)CCc1ccco1. The molecule has 1 aromatic heterocycles. The maximum atomic E-state index is 12.1. The number of aryl methyl sites for hydroxylation is 1. The number of sulfonamides is 1. The second-order valence-corrected chi connectivity index (χ2v) is 6.85. The number of rotatable bonds is 8. The van der Waals surface area contributed by atoms with Crippen molar-refractivity contribution in [2.75, 3.05) is 0 Å². The normalized spacial score (nSPS) is 15.1. The summed E-state index contributed by atoms with van der Waals surface area (Å²) in [7, 11) is -3.51. The van der Waals surface area contributed by atoms with Gasteiger partial charge in [-0.05, 0) is 31.9 Å². The Hall–Kier alpha value is -0.920. The second kappa shape index (κ2) is 7.02. The maximum Gasteiger partial charge on any atom is 0.221 e. The van der Waals surface area contributed by atoms with Gasteiger partial charge in [0.15, 0.2) is 0 Å². The molecule has 108 valence electrons. The lowest BCUT2D eigenvalue weighted by Crippen LogP contribution is -2.45. The van der Waals surface area contributed by atoms with Crippen LogP contribution in [0.4, 0.5) is 0 Å². The van der Waals surface area contributed by atoms with E-state index in [0.717, 1.165) is 5.76 Å². The van der Waals surface area contributed by atoms with Gasteiger partial charge in [0.25, 0.3) is 0 Å². The summed E-state index contributed by atoms with van der Waals surface area (Å²) in [4.78, 5) is 0.00762. The molecule has 3 N–H and O–H groups in total. The van der Waals surface area contributed by atoms with Crippen LogP contribution in [0.2, 0.25) is 0 Å². The third-order valence-corrected chi connectivity index (χ3v) is 5.33. The van der Waals surface area contributed by atoms with Gasteiger partial charge in [-0.25, -0.2) is 13.1 Å². The van der Waals surface area contributed by atoms with Crippen LogP contribution in [0.5, 0.6) is 0 Å². The number of hydrogen-bond acceptors (Lipinski definition) is 4. The van der Waals surface area contributed by atoms with Crippen LogP contribution in [0, 0.1) is 0 Å². The van der Waals surface area contributed by atoms with E-state index in [1.165, 1.54) is 0 Å². The first kappa shape index (κ1) is 16.1. The van der Waals surface area contributed by atoms with Gasteiger partial charge in [0.2, 0.25) is 10.0 Å². The van der Waals surface area contributed by atoms with Gasteiger partial charge in [-0.1, -0.05) is 19.1 Å². The molecular weight excluding hydrogens is 284 g/mol. The van der Waals surface area contributed by atoms with Crippen molar-refractivity contribution in [3.05, 3.63) is 24.2 Å². The lowest BCUT2D eigenvalue weighted by molar-refractivity contribution is 0.479. The topological polar surface area (TPSA) is 85.3 Å². The van der Waals surface area contributed by atoms with E-state index in [9.17, 15) is 8.42 Å². The van der Waals surface area contributed by atoms with E-state index in [1.54, 1.807) is 13.2 Å². The van der Waals surface area contributed by atoms with Crippen molar-refractivity contribution < 1.29 is 12.8 Å². The molecule has 1 aromatic rings. The van der Waals surface area contributed by atoms with Gasteiger partial charge in [-0.2, -0.15) is 0 Å². The van der Waals surface area contributed by atoms with Gasteiger partial charge in [0.1, 0.15) is 11.0 Å². The second-order valence-electron chi connectivity index (χ2n) is 4.48. The van der Waals surface area contributed by atoms with Crippen molar-refractivity contribution in [2.24, 2.45) is 5.73 Å². The fourth-order valence-corrected chi connectivity index (χ4v) is 3.94. The Morgan fingerprint density at radius 2 is 2.26 bits per heavy atom. The number of furan rings is 1. The Labute approximate surface area is 119 Å². The fraction of sp³-hybridized carbons (Fsp3) is 0.583.